The first-order valence-electron chi connectivity index (χ1n) is 7.32. The quantitative estimate of drug-likeness (QED) is 0.755. The molecular formula is C14H26N2O3. The summed E-state index contributed by atoms with van der Waals surface area (Å²) in [5, 5.41) is 0. The van der Waals surface area contributed by atoms with Crippen LogP contribution >= 0.6 is 0 Å². The monoisotopic (exact) mass is 270 g/mol. The molecule has 2 aliphatic heterocycles. The molecule has 0 bridgehead atoms. The number of nitrogens with zero attached hydrogens (tertiary/aromatic N) is 2. The molecule has 0 aromatic rings. The van der Waals surface area contributed by atoms with Gasteiger partial charge in [0.2, 0.25) is 5.91 Å². The van der Waals surface area contributed by atoms with Crippen LogP contribution in [-0.4, -0.2) is 73.3 Å². The summed E-state index contributed by atoms with van der Waals surface area (Å²) in [6.07, 6.45) is 1.17. The van der Waals surface area contributed by atoms with Crippen LogP contribution in [0.4, 0.5) is 0 Å². The molecule has 2 atom stereocenters. The molecule has 19 heavy (non-hydrogen) atoms. The Bertz CT molecular complexity index is 303. The minimum atomic E-state index is 0.108. The number of ether oxygens (including phenoxy) is 2. The van der Waals surface area contributed by atoms with Gasteiger partial charge < -0.3 is 14.4 Å². The van der Waals surface area contributed by atoms with E-state index < -0.39 is 0 Å². The van der Waals surface area contributed by atoms with Gasteiger partial charge in [-0.05, 0) is 27.2 Å². The molecule has 0 radical (unpaired) electrons. The van der Waals surface area contributed by atoms with Crippen LogP contribution in [0.3, 0.4) is 0 Å². The van der Waals surface area contributed by atoms with Crippen LogP contribution < -0.4 is 0 Å². The lowest BCUT2D eigenvalue weighted by atomic mass is 10.1. The first-order chi connectivity index (χ1) is 9.09. The normalized spacial score (nSPS) is 29.2. The van der Waals surface area contributed by atoms with Crippen LogP contribution in [0.1, 0.15) is 27.2 Å². The highest BCUT2D eigenvalue weighted by Crippen LogP contribution is 2.23. The van der Waals surface area contributed by atoms with Gasteiger partial charge in [0.1, 0.15) is 6.61 Å². The van der Waals surface area contributed by atoms with Gasteiger partial charge in [-0.2, -0.15) is 0 Å². The zero-order valence-corrected chi connectivity index (χ0v) is 12.3. The van der Waals surface area contributed by atoms with Gasteiger partial charge in [0.15, 0.2) is 0 Å². The molecule has 5 heteroatoms. The van der Waals surface area contributed by atoms with Crippen LogP contribution in [0, 0.1) is 0 Å². The summed E-state index contributed by atoms with van der Waals surface area (Å²) in [7, 11) is 0. The Morgan fingerprint density at radius 2 is 2.00 bits per heavy atom. The van der Waals surface area contributed by atoms with Gasteiger partial charge in [-0.3, -0.25) is 9.69 Å². The fourth-order valence-corrected chi connectivity index (χ4v) is 2.99. The highest BCUT2D eigenvalue weighted by atomic mass is 16.5. The second-order valence-electron chi connectivity index (χ2n) is 5.69. The number of morpholine rings is 1. The van der Waals surface area contributed by atoms with E-state index in [2.05, 4.69) is 11.8 Å². The SMILES string of the molecule is CC(C)OCC(=O)N1CC[C@@H](N2CCOCC2)[C@H]1C. The molecule has 2 aliphatic rings. The second-order valence-corrected chi connectivity index (χ2v) is 5.69. The number of hydrogen-bond acceptors (Lipinski definition) is 4. The summed E-state index contributed by atoms with van der Waals surface area (Å²) < 4.78 is 10.8. The van der Waals surface area contributed by atoms with Gasteiger partial charge in [-0.25, -0.2) is 0 Å². The fraction of sp³-hybridized carbons (Fsp3) is 0.929. The molecule has 0 spiro atoms. The zero-order chi connectivity index (χ0) is 13.8. The predicted octanol–water partition coefficient (Wildman–Crippen LogP) is 0.733. The second kappa shape index (κ2) is 6.68. The minimum Gasteiger partial charge on any atom is -0.379 e. The summed E-state index contributed by atoms with van der Waals surface area (Å²) in [4.78, 5) is 16.6. The van der Waals surface area contributed by atoms with E-state index in [9.17, 15) is 4.79 Å². The van der Waals surface area contributed by atoms with E-state index in [4.69, 9.17) is 9.47 Å². The molecule has 0 aromatic heterocycles. The lowest BCUT2D eigenvalue weighted by molar-refractivity contribution is -0.138. The van der Waals surface area contributed by atoms with Crippen molar-refractivity contribution in [1.29, 1.82) is 0 Å². The van der Waals surface area contributed by atoms with Crippen LogP contribution in [0.15, 0.2) is 0 Å². The number of hydrogen-bond donors (Lipinski definition) is 0. The third kappa shape index (κ3) is 3.68. The molecule has 5 nitrogen and oxygen atoms in total. The zero-order valence-electron chi connectivity index (χ0n) is 12.3. The molecule has 0 unspecified atom stereocenters. The summed E-state index contributed by atoms with van der Waals surface area (Å²) in [5.41, 5.74) is 0. The maximum Gasteiger partial charge on any atom is 0.248 e. The maximum absolute atomic E-state index is 12.1. The molecular weight excluding hydrogens is 244 g/mol. The Hall–Kier alpha value is -0.650. The first kappa shape index (κ1) is 14.8. The molecule has 0 aliphatic carbocycles. The third-order valence-electron chi connectivity index (χ3n) is 4.09. The summed E-state index contributed by atoms with van der Waals surface area (Å²) in [6, 6.07) is 0.758. The standard InChI is InChI=1S/C14H26N2O3/c1-11(2)19-10-14(17)16-5-4-13(12(16)3)15-6-8-18-9-7-15/h11-13H,4-10H2,1-3H3/t12-,13-/m1/s1. The Labute approximate surface area is 115 Å². The number of likely N-dealkylation sites (tertiary alicyclic amines) is 1. The van der Waals surface area contributed by atoms with E-state index >= 15 is 0 Å². The average molecular weight is 270 g/mol. The lowest BCUT2D eigenvalue weighted by Gasteiger charge is -2.35. The van der Waals surface area contributed by atoms with E-state index in [1.165, 1.54) is 0 Å². The third-order valence-corrected chi connectivity index (χ3v) is 4.09. The van der Waals surface area contributed by atoms with E-state index in [-0.39, 0.29) is 24.7 Å². The van der Waals surface area contributed by atoms with Gasteiger partial charge in [0.25, 0.3) is 0 Å². The number of amides is 1. The van der Waals surface area contributed by atoms with Gasteiger partial charge in [-0.1, -0.05) is 0 Å². The van der Waals surface area contributed by atoms with Crippen molar-refractivity contribution >= 4 is 5.91 Å². The molecule has 1 amide bonds. The van der Waals surface area contributed by atoms with Crippen molar-refractivity contribution < 1.29 is 14.3 Å². The van der Waals surface area contributed by atoms with Crippen molar-refractivity contribution in [3.8, 4) is 0 Å². The molecule has 0 saturated carbocycles. The summed E-state index contributed by atoms with van der Waals surface area (Å²) in [6.45, 7) is 10.7. The molecule has 110 valence electrons. The number of carbonyl (C=O) groups excluding carboxylic acids is 1. The van der Waals surface area contributed by atoms with Crippen molar-refractivity contribution in [1.82, 2.24) is 9.80 Å². The highest BCUT2D eigenvalue weighted by Gasteiger charge is 2.37. The van der Waals surface area contributed by atoms with Gasteiger partial charge in [-0.15, -0.1) is 0 Å². The summed E-state index contributed by atoms with van der Waals surface area (Å²) in [5.74, 6) is 0.122. The molecule has 2 saturated heterocycles. The Balaban J connectivity index is 1.86. The van der Waals surface area contributed by atoms with E-state index in [1.54, 1.807) is 0 Å². The maximum atomic E-state index is 12.1. The molecule has 2 fully saturated rings. The fourth-order valence-electron chi connectivity index (χ4n) is 2.99. The molecule has 2 rings (SSSR count). The molecule has 2 heterocycles. The van der Waals surface area contributed by atoms with Crippen molar-refractivity contribution in [2.24, 2.45) is 0 Å². The Morgan fingerprint density at radius 1 is 1.32 bits per heavy atom. The van der Waals surface area contributed by atoms with Gasteiger partial charge in [0.05, 0.1) is 19.3 Å². The van der Waals surface area contributed by atoms with Crippen molar-refractivity contribution in [3.63, 3.8) is 0 Å². The van der Waals surface area contributed by atoms with E-state index in [1.807, 2.05) is 18.7 Å². The Morgan fingerprint density at radius 3 is 2.63 bits per heavy atom. The first-order valence-corrected chi connectivity index (χ1v) is 7.32. The predicted molar refractivity (Wildman–Crippen MR) is 73.1 cm³/mol. The number of rotatable bonds is 4. The number of carbonyl (C=O) groups is 1. The van der Waals surface area contributed by atoms with Crippen LogP contribution in [-0.2, 0) is 14.3 Å². The van der Waals surface area contributed by atoms with Crippen LogP contribution in [0.25, 0.3) is 0 Å². The lowest BCUT2D eigenvalue weighted by Crippen LogP contribution is -2.49. The van der Waals surface area contributed by atoms with Crippen molar-refractivity contribution in [3.05, 3.63) is 0 Å². The topological polar surface area (TPSA) is 42.0 Å². The van der Waals surface area contributed by atoms with Crippen LogP contribution in [0.5, 0.6) is 0 Å². The van der Waals surface area contributed by atoms with Crippen molar-refractivity contribution in [2.45, 2.75) is 45.4 Å². The van der Waals surface area contributed by atoms with E-state index in [0.717, 1.165) is 39.3 Å². The largest absolute Gasteiger partial charge is 0.379 e. The summed E-state index contributed by atoms with van der Waals surface area (Å²) >= 11 is 0. The van der Waals surface area contributed by atoms with Crippen molar-refractivity contribution in [2.75, 3.05) is 39.5 Å². The molecule has 0 aromatic carbocycles. The smallest absolute Gasteiger partial charge is 0.248 e. The average Bonchev–Trinajstić information content (AvgIpc) is 2.79. The van der Waals surface area contributed by atoms with Crippen LogP contribution in [0.2, 0.25) is 0 Å². The van der Waals surface area contributed by atoms with Gasteiger partial charge >= 0.3 is 0 Å². The highest BCUT2D eigenvalue weighted by molar-refractivity contribution is 5.78. The minimum absolute atomic E-state index is 0.108. The van der Waals surface area contributed by atoms with E-state index in [0.29, 0.717) is 6.04 Å². The Kier molecular flexibility index (Phi) is 5.19. The van der Waals surface area contributed by atoms with Gasteiger partial charge in [0, 0.05) is 31.7 Å². The molecule has 0 N–H and O–H groups in total.